The van der Waals surface area contributed by atoms with Crippen LogP contribution in [0.3, 0.4) is 0 Å². The normalized spacial score (nSPS) is 14.3. The van der Waals surface area contributed by atoms with Crippen molar-refractivity contribution in [2.24, 2.45) is 0 Å². The molecule has 3 aromatic rings. The topological polar surface area (TPSA) is 40.5 Å². The predicted octanol–water partition coefficient (Wildman–Crippen LogP) is 4.65. The minimum absolute atomic E-state index is 0.0313. The fraction of sp³-hybridized carbons (Fsp3) is 0.261. The zero-order chi connectivity index (χ0) is 19.2. The van der Waals surface area contributed by atoms with E-state index in [9.17, 15) is 9.90 Å². The molecule has 2 aromatic carbocycles. The number of hydrogen-bond donors (Lipinski definition) is 1. The standard InChI is InChI=1S/C23H25NO2S/c1-17(22(25)19-12-7-4-8-13-19)24(2)23(26)20(21-14-9-15-27-21)16-18-10-5-3-6-11-18/h3-15,17,20,22,25H,16H2,1-2H3/t17-,20-,22+/m0/s1. The predicted molar refractivity (Wildman–Crippen MR) is 111 cm³/mol. The van der Waals surface area contributed by atoms with E-state index in [0.717, 1.165) is 16.0 Å². The summed E-state index contributed by atoms with van der Waals surface area (Å²) in [6.45, 7) is 1.89. The molecule has 3 atom stereocenters. The fourth-order valence-corrected chi connectivity index (χ4v) is 4.06. The second-order valence-corrected chi connectivity index (χ2v) is 7.78. The van der Waals surface area contributed by atoms with Crippen LogP contribution in [-0.2, 0) is 11.2 Å². The van der Waals surface area contributed by atoms with Crippen LogP contribution in [0, 0.1) is 0 Å². The molecule has 0 unspecified atom stereocenters. The first-order valence-corrected chi connectivity index (χ1v) is 10.0. The van der Waals surface area contributed by atoms with Crippen LogP contribution in [0.15, 0.2) is 78.2 Å². The second-order valence-electron chi connectivity index (χ2n) is 6.80. The number of aliphatic hydroxyl groups excluding tert-OH is 1. The Labute approximate surface area is 164 Å². The summed E-state index contributed by atoms with van der Waals surface area (Å²) in [6, 6.07) is 23.3. The lowest BCUT2D eigenvalue weighted by Crippen LogP contribution is -2.42. The Kier molecular flexibility index (Phi) is 6.43. The smallest absolute Gasteiger partial charge is 0.231 e. The van der Waals surface area contributed by atoms with Crippen molar-refractivity contribution >= 4 is 17.2 Å². The first-order chi connectivity index (χ1) is 13.1. The maximum atomic E-state index is 13.3. The van der Waals surface area contributed by atoms with Gasteiger partial charge in [0, 0.05) is 11.9 Å². The number of nitrogens with zero attached hydrogens (tertiary/aromatic N) is 1. The molecule has 1 aromatic heterocycles. The molecule has 0 aliphatic rings. The monoisotopic (exact) mass is 379 g/mol. The molecule has 0 aliphatic carbocycles. The van der Waals surface area contributed by atoms with E-state index in [1.54, 1.807) is 23.3 Å². The minimum Gasteiger partial charge on any atom is -0.386 e. The molecule has 0 saturated heterocycles. The Morgan fingerprint density at radius 2 is 1.63 bits per heavy atom. The molecule has 3 rings (SSSR count). The van der Waals surface area contributed by atoms with Crippen molar-refractivity contribution in [3.63, 3.8) is 0 Å². The largest absolute Gasteiger partial charge is 0.386 e. The summed E-state index contributed by atoms with van der Waals surface area (Å²) in [4.78, 5) is 16.1. The highest BCUT2D eigenvalue weighted by Gasteiger charge is 2.30. The van der Waals surface area contributed by atoms with Crippen LogP contribution in [0.2, 0.25) is 0 Å². The summed E-state index contributed by atoms with van der Waals surface area (Å²) in [5, 5.41) is 12.7. The van der Waals surface area contributed by atoms with Crippen LogP contribution >= 0.6 is 11.3 Å². The number of thiophene rings is 1. The molecule has 1 amide bonds. The number of likely N-dealkylation sites (N-methyl/N-ethyl adjacent to an activating group) is 1. The Morgan fingerprint density at radius 1 is 1.00 bits per heavy atom. The van der Waals surface area contributed by atoms with Gasteiger partial charge < -0.3 is 10.0 Å². The van der Waals surface area contributed by atoms with Crippen molar-refractivity contribution in [2.75, 3.05) is 7.05 Å². The highest BCUT2D eigenvalue weighted by atomic mass is 32.1. The lowest BCUT2D eigenvalue weighted by molar-refractivity contribution is -0.135. The quantitative estimate of drug-likeness (QED) is 0.649. The van der Waals surface area contributed by atoms with Gasteiger partial charge in [0.2, 0.25) is 5.91 Å². The second kappa shape index (κ2) is 8.98. The molecule has 1 N–H and O–H groups in total. The van der Waals surface area contributed by atoms with E-state index in [-0.39, 0.29) is 17.9 Å². The van der Waals surface area contributed by atoms with Crippen molar-refractivity contribution in [3.05, 3.63) is 94.2 Å². The number of rotatable bonds is 7. The van der Waals surface area contributed by atoms with Crippen LogP contribution in [-0.4, -0.2) is 29.0 Å². The zero-order valence-electron chi connectivity index (χ0n) is 15.7. The van der Waals surface area contributed by atoms with E-state index in [1.807, 2.05) is 73.0 Å². The van der Waals surface area contributed by atoms with E-state index < -0.39 is 6.10 Å². The molecule has 140 valence electrons. The summed E-state index contributed by atoms with van der Waals surface area (Å²) in [5.41, 5.74) is 1.95. The molecular weight excluding hydrogens is 354 g/mol. The van der Waals surface area contributed by atoms with Gasteiger partial charge in [0.05, 0.1) is 18.1 Å². The number of benzene rings is 2. The van der Waals surface area contributed by atoms with Crippen LogP contribution < -0.4 is 0 Å². The molecule has 0 radical (unpaired) electrons. The molecule has 0 fully saturated rings. The summed E-state index contributed by atoms with van der Waals surface area (Å²) in [5.74, 6) is -0.216. The van der Waals surface area contributed by atoms with E-state index >= 15 is 0 Å². The van der Waals surface area contributed by atoms with Crippen molar-refractivity contribution in [1.29, 1.82) is 0 Å². The third-order valence-corrected chi connectivity index (χ3v) is 6.01. The zero-order valence-corrected chi connectivity index (χ0v) is 16.5. The highest BCUT2D eigenvalue weighted by molar-refractivity contribution is 7.10. The lowest BCUT2D eigenvalue weighted by atomic mass is 9.94. The van der Waals surface area contributed by atoms with Gasteiger partial charge in [-0.1, -0.05) is 66.7 Å². The molecule has 0 spiro atoms. The molecule has 0 saturated carbocycles. The minimum atomic E-state index is -0.721. The molecule has 4 heteroatoms. The Hall–Kier alpha value is -2.43. The van der Waals surface area contributed by atoms with E-state index in [2.05, 4.69) is 12.1 Å². The molecule has 3 nitrogen and oxygen atoms in total. The van der Waals surface area contributed by atoms with Crippen molar-refractivity contribution in [3.8, 4) is 0 Å². The summed E-state index contributed by atoms with van der Waals surface area (Å²) in [6.07, 6.45) is -0.0700. The van der Waals surface area contributed by atoms with Gasteiger partial charge in [0.1, 0.15) is 0 Å². The van der Waals surface area contributed by atoms with E-state index in [1.165, 1.54) is 0 Å². The van der Waals surface area contributed by atoms with Gasteiger partial charge in [0.15, 0.2) is 0 Å². The molecule has 1 heterocycles. The molecule has 27 heavy (non-hydrogen) atoms. The molecule has 0 aliphatic heterocycles. The highest BCUT2D eigenvalue weighted by Crippen LogP contribution is 2.29. The van der Waals surface area contributed by atoms with Crippen molar-refractivity contribution in [1.82, 2.24) is 4.90 Å². The van der Waals surface area contributed by atoms with E-state index in [0.29, 0.717) is 6.42 Å². The SMILES string of the molecule is C[C@@H]([C@@H](O)c1ccccc1)N(C)C(=O)[C@@H](Cc1ccccc1)c1cccs1. The maximum absolute atomic E-state index is 13.3. The average Bonchev–Trinajstić information content (AvgIpc) is 3.26. The Balaban J connectivity index is 1.80. The van der Waals surface area contributed by atoms with Gasteiger partial charge in [-0.15, -0.1) is 11.3 Å². The maximum Gasteiger partial charge on any atom is 0.231 e. The van der Waals surface area contributed by atoms with Gasteiger partial charge in [-0.2, -0.15) is 0 Å². The number of aliphatic hydroxyl groups is 1. The summed E-state index contributed by atoms with van der Waals surface area (Å²) in [7, 11) is 1.78. The van der Waals surface area contributed by atoms with Gasteiger partial charge in [0.25, 0.3) is 0 Å². The summed E-state index contributed by atoms with van der Waals surface area (Å²) < 4.78 is 0. The average molecular weight is 380 g/mol. The third-order valence-electron chi connectivity index (χ3n) is 5.02. The lowest BCUT2D eigenvalue weighted by Gasteiger charge is -2.32. The van der Waals surface area contributed by atoms with Crippen LogP contribution in [0.5, 0.6) is 0 Å². The number of carbonyl (C=O) groups excluding carboxylic acids is 1. The van der Waals surface area contributed by atoms with Crippen molar-refractivity contribution < 1.29 is 9.90 Å². The third kappa shape index (κ3) is 4.65. The van der Waals surface area contributed by atoms with E-state index in [4.69, 9.17) is 0 Å². The Bertz CT molecular complexity index is 833. The van der Waals surface area contributed by atoms with Crippen LogP contribution in [0.25, 0.3) is 0 Å². The first kappa shape index (κ1) is 19.3. The van der Waals surface area contributed by atoms with Gasteiger partial charge in [-0.05, 0) is 35.9 Å². The van der Waals surface area contributed by atoms with Crippen LogP contribution in [0.4, 0.5) is 0 Å². The van der Waals surface area contributed by atoms with Crippen molar-refractivity contribution in [2.45, 2.75) is 31.4 Å². The van der Waals surface area contributed by atoms with Gasteiger partial charge in [-0.3, -0.25) is 4.79 Å². The molecular formula is C23H25NO2S. The summed E-state index contributed by atoms with van der Waals surface area (Å²) >= 11 is 1.60. The fourth-order valence-electron chi connectivity index (χ4n) is 3.24. The first-order valence-electron chi connectivity index (χ1n) is 9.15. The van der Waals surface area contributed by atoms with Crippen LogP contribution in [0.1, 0.15) is 34.9 Å². The Morgan fingerprint density at radius 3 is 2.22 bits per heavy atom. The number of carbonyl (C=O) groups is 1. The number of hydrogen-bond acceptors (Lipinski definition) is 3. The van der Waals surface area contributed by atoms with Gasteiger partial charge >= 0.3 is 0 Å². The molecule has 0 bridgehead atoms. The van der Waals surface area contributed by atoms with Gasteiger partial charge in [-0.25, -0.2) is 0 Å². The number of amides is 1.